The summed E-state index contributed by atoms with van der Waals surface area (Å²) in [6.45, 7) is 11.0. The molecule has 1 amide bonds. The summed E-state index contributed by atoms with van der Waals surface area (Å²) in [6.07, 6.45) is 4.27. The number of imidazole rings is 1. The second kappa shape index (κ2) is 10.1. The lowest BCUT2D eigenvalue weighted by molar-refractivity contribution is 0.0717. The largest absolute Gasteiger partial charge is 0.348 e. The summed E-state index contributed by atoms with van der Waals surface area (Å²) in [5, 5.41) is 0.102. The SMILES string of the molecule is CC(C)Cc1ncc2cc(S(=O)(=O)CC(C)(C)C)cc(N3[C@@H]4CC[C@H]3CN(C(=O)c3ccc(F)cc3Cl)C4)n12. The molecule has 2 saturated heterocycles. The molecule has 10 heteroatoms. The molecule has 7 nitrogen and oxygen atoms in total. The third kappa shape index (κ3) is 5.53. The zero-order chi connectivity index (χ0) is 28.3. The van der Waals surface area contributed by atoms with Crippen molar-refractivity contribution < 1.29 is 17.6 Å². The summed E-state index contributed by atoms with van der Waals surface area (Å²) >= 11 is 6.21. The van der Waals surface area contributed by atoms with E-state index in [9.17, 15) is 17.6 Å². The van der Waals surface area contributed by atoms with Crippen LogP contribution in [0.1, 0.15) is 63.6 Å². The molecule has 4 heterocycles. The first-order chi connectivity index (χ1) is 18.2. The van der Waals surface area contributed by atoms with E-state index in [-0.39, 0.29) is 39.7 Å². The van der Waals surface area contributed by atoms with Crippen LogP contribution in [-0.4, -0.2) is 59.5 Å². The predicted molar refractivity (Wildman–Crippen MR) is 152 cm³/mol. The number of hydrogen-bond acceptors (Lipinski definition) is 5. The Hall–Kier alpha value is -2.65. The van der Waals surface area contributed by atoms with Crippen molar-refractivity contribution in [2.45, 2.75) is 70.9 Å². The molecule has 2 bridgehead atoms. The van der Waals surface area contributed by atoms with Crippen LogP contribution < -0.4 is 4.90 Å². The van der Waals surface area contributed by atoms with Gasteiger partial charge >= 0.3 is 0 Å². The summed E-state index contributed by atoms with van der Waals surface area (Å²) < 4.78 is 42.7. The maximum absolute atomic E-state index is 13.6. The molecule has 3 aromatic rings. The van der Waals surface area contributed by atoms with Crippen LogP contribution in [0, 0.1) is 17.2 Å². The standard InChI is InChI=1S/C29H36ClFN4O3S/c1-18(2)10-26-32-14-22-12-23(39(37,38)17-29(3,4)5)13-27(35(22)26)34-20-7-8-21(34)16-33(15-20)28(36)24-9-6-19(31)11-25(24)30/h6,9,11-14,18,20-21H,7-8,10,15-17H2,1-5H3/t20-,21+. The lowest BCUT2D eigenvalue weighted by Gasteiger charge is -2.43. The number of pyridine rings is 1. The first-order valence-corrected chi connectivity index (χ1v) is 15.5. The molecule has 39 heavy (non-hydrogen) atoms. The molecule has 0 aliphatic carbocycles. The van der Waals surface area contributed by atoms with Crippen molar-refractivity contribution in [3.8, 4) is 0 Å². The number of carbonyl (C=O) groups excluding carboxylic acids is 1. The molecule has 0 unspecified atom stereocenters. The van der Waals surface area contributed by atoms with E-state index in [0.717, 1.165) is 42.5 Å². The Labute approximate surface area is 234 Å². The highest BCUT2D eigenvalue weighted by Gasteiger charge is 2.43. The number of rotatable bonds is 6. The van der Waals surface area contributed by atoms with Crippen molar-refractivity contribution in [3.05, 3.63) is 58.8 Å². The predicted octanol–water partition coefficient (Wildman–Crippen LogP) is 5.64. The zero-order valence-electron chi connectivity index (χ0n) is 23.1. The van der Waals surface area contributed by atoms with Crippen molar-refractivity contribution in [2.24, 2.45) is 11.3 Å². The molecule has 5 rings (SSSR count). The third-order valence-electron chi connectivity index (χ3n) is 7.42. The number of fused-ring (bicyclic) bond motifs is 3. The summed E-state index contributed by atoms with van der Waals surface area (Å²) in [7, 11) is -3.55. The number of amides is 1. The molecule has 210 valence electrons. The summed E-state index contributed by atoms with van der Waals surface area (Å²) in [5.74, 6) is 1.42. The Morgan fingerprint density at radius 3 is 2.38 bits per heavy atom. The topological polar surface area (TPSA) is 75.0 Å². The van der Waals surface area contributed by atoms with Crippen molar-refractivity contribution >= 4 is 38.7 Å². The number of aromatic nitrogens is 2. The monoisotopic (exact) mass is 574 g/mol. The van der Waals surface area contributed by atoms with E-state index in [1.165, 1.54) is 12.1 Å². The van der Waals surface area contributed by atoms with Gasteiger partial charge in [-0.15, -0.1) is 0 Å². The van der Waals surface area contributed by atoms with Gasteiger partial charge in [-0.05, 0) is 54.5 Å². The van der Waals surface area contributed by atoms with Gasteiger partial charge < -0.3 is 9.80 Å². The Morgan fingerprint density at radius 2 is 1.79 bits per heavy atom. The molecule has 1 aromatic carbocycles. The van der Waals surface area contributed by atoms with Crippen molar-refractivity contribution in [3.63, 3.8) is 0 Å². The lowest BCUT2D eigenvalue weighted by atomic mass is 10.0. The van der Waals surface area contributed by atoms with E-state index in [1.807, 2.05) is 20.8 Å². The van der Waals surface area contributed by atoms with Crippen molar-refractivity contribution in [1.82, 2.24) is 14.3 Å². The Balaban J connectivity index is 1.55. The van der Waals surface area contributed by atoms with Gasteiger partial charge in [-0.25, -0.2) is 17.8 Å². The van der Waals surface area contributed by atoms with Crippen LogP contribution in [0.15, 0.2) is 41.4 Å². The number of halogens is 2. The van der Waals surface area contributed by atoms with E-state index in [4.69, 9.17) is 16.6 Å². The Kier molecular flexibility index (Phi) is 7.21. The van der Waals surface area contributed by atoms with Crippen LogP contribution in [0.5, 0.6) is 0 Å². The van der Waals surface area contributed by atoms with E-state index in [2.05, 4.69) is 23.1 Å². The minimum Gasteiger partial charge on any atom is -0.348 e. The average Bonchev–Trinajstić information content (AvgIpc) is 3.33. The van der Waals surface area contributed by atoms with Gasteiger partial charge in [-0.3, -0.25) is 9.20 Å². The van der Waals surface area contributed by atoms with Gasteiger partial charge in [0, 0.05) is 31.6 Å². The molecular formula is C29H36ClFN4O3S. The minimum atomic E-state index is -3.55. The first kappa shape index (κ1) is 27.9. The molecule has 0 N–H and O–H groups in total. The molecule has 0 spiro atoms. The summed E-state index contributed by atoms with van der Waals surface area (Å²) in [5.41, 5.74) is 0.657. The third-order valence-corrected chi connectivity index (χ3v) is 9.93. The number of anilines is 1. The van der Waals surface area contributed by atoms with Gasteiger partial charge in [0.25, 0.3) is 5.91 Å². The van der Waals surface area contributed by atoms with Crippen molar-refractivity contribution in [2.75, 3.05) is 23.7 Å². The molecule has 2 aliphatic heterocycles. The van der Waals surface area contributed by atoms with E-state index in [1.54, 1.807) is 23.2 Å². The van der Waals surface area contributed by atoms with Crippen LogP contribution in [0.4, 0.5) is 10.2 Å². The second-order valence-electron chi connectivity index (χ2n) is 12.5. The highest BCUT2D eigenvalue weighted by molar-refractivity contribution is 7.91. The van der Waals surface area contributed by atoms with Crippen LogP contribution in [0.3, 0.4) is 0 Å². The van der Waals surface area contributed by atoms with Gasteiger partial charge in [0.15, 0.2) is 9.84 Å². The van der Waals surface area contributed by atoms with Gasteiger partial charge in [0.1, 0.15) is 17.5 Å². The fourth-order valence-electron chi connectivity index (χ4n) is 5.96. The molecule has 2 aliphatic rings. The number of sulfone groups is 1. The number of benzene rings is 1. The number of carbonyl (C=O) groups is 1. The molecule has 2 aromatic heterocycles. The molecule has 0 radical (unpaired) electrons. The van der Waals surface area contributed by atoms with Gasteiger partial charge in [-0.2, -0.15) is 0 Å². The lowest BCUT2D eigenvalue weighted by Crippen LogP contribution is -2.56. The molecular weight excluding hydrogens is 539 g/mol. The van der Waals surface area contributed by atoms with Crippen LogP contribution in [0.2, 0.25) is 5.02 Å². The van der Waals surface area contributed by atoms with Crippen molar-refractivity contribution in [1.29, 1.82) is 0 Å². The van der Waals surface area contributed by atoms with Gasteiger partial charge in [-0.1, -0.05) is 46.2 Å². The highest BCUT2D eigenvalue weighted by atomic mass is 35.5. The Bertz CT molecular complexity index is 1520. The molecule has 2 atom stereocenters. The maximum atomic E-state index is 13.6. The smallest absolute Gasteiger partial charge is 0.255 e. The summed E-state index contributed by atoms with van der Waals surface area (Å²) in [6, 6.07) is 7.40. The van der Waals surface area contributed by atoms with Crippen LogP contribution >= 0.6 is 11.6 Å². The Morgan fingerprint density at radius 1 is 1.13 bits per heavy atom. The van der Waals surface area contributed by atoms with Gasteiger partial charge in [0.05, 0.1) is 32.9 Å². The van der Waals surface area contributed by atoms with E-state index < -0.39 is 15.7 Å². The molecule has 0 saturated carbocycles. The minimum absolute atomic E-state index is 0.00462. The molecule has 2 fully saturated rings. The first-order valence-electron chi connectivity index (χ1n) is 13.5. The summed E-state index contributed by atoms with van der Waals surface area (Å²) in [4.78, 5) is 22.4. The van der Waals surface area contributed by atoms with E-state index in [0.29, 0.717) is 23.9 Å². The highest BCUT2D eigenvalue weighted by Crippen LogP contribution is 2.38. The number of nitrogens with zero attached hydrogens (tertiary/aromatic N) is 4. The van der Waals surface area contributed by atoms with E-state index >= 15 is 0 Å². The second-order valence-corrected chi connectivity index (χ2v) is 14.9. The quantitative estimate of drug-likeness (QED) is 0.381. The average molecular weight is 575 g/mol. The fraction of sp³-hybridized carbons (Fsp3) is 0.517. The maximum Gasteiger partial charge on any atom is 0.255 e. The fourth-order valence-corrected chi connectivity index (χ4v) is 8.10. The number of likely N-dealkylation sites (tertiary alicyclic amines) is 1. The van der Waals surface area contributed by atoms with Crippen LogP contribution in [-0.2, 0) is 16.3 Å². The van der Waals surface area contributed by atoms with Gasteiger partial charge in [0.2, 0.25) is 0 Å². The van der Waals surface area contributed by atoms with Crippen LogP contribution in [0.25, 0.3) is 5.52 Å². The number of piperazine rings is 1. The zero-order valence-corrected chi connectivity index (χ0v) is 24.7. The normalized spacial score (nSPS) is 19.9. The number of hydrogen-bond donors (Lipinski definition) is 0.